The van der Waals surface area contributed by atoms with Crippen LogP contribution in [0.25, 0.3) is 0 Å². The van der Waals surface area contributed by atoms with Crippen LogP contribution < -0.4 is 5.32 Å². The molecule has 0 atom stereocenters. The van der Waals surface area contributed by atoms with Crippen molar-refractivity contribution in [3.63, 3.8) is 0 Å². The highest BCUT2D eigenvalue weighted by Crippen LogP contribution is 2.34. The molecule has 5 nitrogen and oxygen atoms in total. The Morgan fingerprint density at radius 3 is 2.65 bits per heavy atom. The standard InChI is InChI=1S/C18H31N3O2/c1-5-14-6-8-15(9-7-14)21-13-19-12-16(21)10-11-20-17(22)23-18(2,3)4/h12-15H,5-11H2,1-4H3,(H,20,22). The average molecular weight is 321 g/mol. The molecule has 1 aliphatic carbocycles. The first-order valence-electron chi connectivity index (χ1n) is 8.86. The van der Waals surface area contributed by atoms with Crippen molar-refractivity contribution in [2.24, 2.45) is 5.92 Å². The van der Waals surface area contributed by atoms with Crippen molar-refractivity contribution in [3.05, 3.63) is 18.2 Å². The molecule has 0 aromatic carbocycles. The van der Waals surface area contributed by atoms with E-state index >= 15 is 0 Å². The van der Waals surface area contributed by atoms with Gasteiger partial charge in [0.1, 0.15) is 5.60 Å². The molecule has 130 valence electrons. The zero-order valence-corrected chi connectivity index (χ0v) is 15.0. The Balaban J connectivity index is 1.81. The Hall–Kier alpha value is -1.52. The van der Waals surface area contributed by atoms with Crippen molar-refractivity contribution in [2.75, 3.05) is 6.54 Å². The lowest BCUT2D eigenvalue weighted by atomic mass is 9.84. The van der Waals surface area contributed by atoms with Gasteiger partial charge in [0.15, 0.2) is 0 Å². The van der Waals surface area contributed by atoms with E-state index in [1.165, 1.54) is 37.8 Å². The van der Waals surface area contributed by atoms with E-state index in [9.17, 15) is 4.79 Å². The van der Waals surface area contributed by atoms with Gasteiger partial charge in [-0.1, -0.05) is 13.3 Å². The normalized spacial score (nSPS) is 21.9. The highest BCUT2D eigenvalue weighted by atomic mass is 16.6. The number of rotatable bonds is 5. The molecule has 1 fully saturated rings. The third kappa shape index (κ3) is 5.56. The summed E-state index contributed by atoms with van der Waals surface area (Å²) in [4.78, 5) is 16.0. The van der Waals surface area contributed by atoms with Crippen molar-refractivity contribution < 1.29 is 9.53 Å². The van der Waals surface area contributed by atoms with E-state index in [1.54, 1.807) is 0 Å². The van der Waals surface area contributed by atoms with Crippen LogP contribution in [0, 0.1) is 5.92 Å². The summed E-state index contributed by atoms with van der Waals surface area (Å²) in [6.07, 6.45) is 10.7. The number of ether oxygens (including phenoxy) is 1. The topological polar surface area (TPSA) is 56.2 Å². The van der Waals surface area contributed by atoms with E-state index in [1.807, 2.05) is 33.3 Å². The van der Waals surface area contributed by atoms with Crippen LogP contribution in [0.1, 0.15) is 71.5 Å². The summed E-state index contributed by atoms with van der Waals surface area (Å²) in [5.41, 5.74) is 0.741. The van der Waals surface area contributed by atoms with Crippen LogP contribution in [-0.4, -0.2) is 27.8 Å². The number of amides is 1. The molecule has 0 saturated heterocycles. The minimum absolute atomic E-state index is 0.355. The molecule has 0 unspecified atom stereocenters. The molecule has 1 saturated carbocycles. The van der Waals surface area contributed by atoms with Gasteiger partial charge in [0.25, 0.3) is 0 Å². The maximum Gasteiger partial charge on any atom is 0.407 e. The van der Waals surface area contributed by atoms with Crippen LogP contribution in [0.4, 0.5) is 4.79 Å². The molecule has 0 bridgehead atoms. The van der Waals surface area contributed by atoms with Gasteiger partial charge in [-0.25, -0.2) is 9.78 Å². The number of carbonyl (C=O) groups is 1. The van der Waals surface area contributed by atoms with Crippen LogP contribution in [0.5, 0.6) is 0 Å². The molecule has 1 aliphatic rings. The SMILES string of the molecule is CCC1CCC(n2cncc2CCNC(=O)OC(C)(C)C)CC1. The Labute approximate surface area is 139 Å². The third-order valence-electron chi connectivity index (χ3n) is 4.58. The smallest absolute Gasteiger partial charge is 0.407 e. The summed E-state index contributed by atoms with van der Waals surface area (Å²) in [5, 5.41) is 2.82. The van der Waals surface area contributed by atoms with E-state index in [-0.39, 0.29) is 6.09 Å². The van der Waals surface area contributed by atoms with Gasteiger partial charge < -0.3 is 14.6 Å². The van der Waals surface area contributed by atoms with Crippen LogP contribution >= 0.6 is 0 Å². The first kappa shape index (κ1) is 17.8. The van der Waals surface area contributed by atoms with Crippen LogP contribution in [0.15, 0.2) is 12.5 Å². The number of nitrogens with one attached hydrogen (secondary N) is 1. The monoisotopic (exact) mass is 321 g/mol. The maximum absolute atomic E-state index is 11.7. The molecule has 2 rings (SSSR count). The number of imidazole rings is 1. The van der Waals surface area contributed by atoms with E-state index in [0.717, 1.165) is 12.3 Å². The Kier molecular flexibility index (Phi) is 6.08. The van der Waals surface area contributed by atoms with Gasteiger partial charge in [-0.05, 0) is 52.4 Å². The number of hydrogen-bond donors (Lipinski definition) is 1. The molecule has 0 aliphatic heterocycles. The fraction of sp³-hybridized carbons (Fsp3) is 0.778. The predicted octanol–water partition coefficient (Wildman–Crippen LogP) is 4.09. The number of hydrogen-bond acceptors (Lipinski definition) is 3. The number of nitrogens with zero attached hydrogens (tertiary/aromatic N) is 2. The van der Waals surface area contributed by atoms with Crippen LogP contribution in [-0.2, 0) is 11.2 Å². The number of alkyl carbamates (subject to hydrolysis) is 1. The first-order chi connectivity index (χ1) is 10.9. The largest absolute Gasteiger partial charge is 0.444 e. The van der Waals surface area contributed by atoms with E-state index in [0.29, 0.717) is 12.6 Å². The fourth-order valence-electron chi connectivity index (χ4n) is 3.29. The molecule has 1 N–H and O–H groups in total. The Morgan fingerprint density at radius 2 is 2.04 bits per heavy atom. The second kappa shape index (κ2) is 7.84. The highest BCUT2D eigenvalue weighted by molar-refractivity contribution is 5.67. The predicted molar refractivity (Wildman–Crippen MR) is 91.5 cm³/mol. The maximum atomic E-state index is 11.7. The van der Waals surface area contributed by atoms with Gasteiger partial charge in [-0.2, -0.15) is 0 Å². The van der Waals surface area contributed by atoms with E-state index < -0.39 is 5.60 Å². The lowest BCUT2D eigenvalue weighted by molar-refractivity contribution is 0.0528. The lowest BCUT2D eigenvalue weighted by Crippen LogP contribution is -2.33. The van der Waals surface area contributed by atoms with Gasteiger partial charge >= 0.3 is 6.09 Å². The molecule has 1 heterocycles. The van der Waals surface area contributed by atoms with Gasteiger partial charge in [0.2, 0.25) is 0 Å². The van der Waals surface area contributed by atoms with Gasteiger partial charge in [0.05, 0.1) is 6.33 Å². The highest BCUT2D eigenvalue weighted by Gasteiger charge is 2.22. The molecule has 1 aromatic rings. The van der Waals surface area contributed by atoms with Crippen molar-refractivity contribution in [3.8, 4) is 0 Å². The molecule has 0 radical (unpaired) electrons. The van der Waals surface area contributed by atoms with Crippen LogP contribution in [0.2, 0.25) is 0 Å². The van der Waals surface area contributed by atoms with Crippen molar-refractivity contribution in [2.45, 2.75) is 77.9 Å². The van der Waals surface area contributed by atoms with Gasteiger partial charge in [0, 0.05) is 30.9 Å². The second-order valence-electron chi connectivity index (χ2n) is 7.55. The van der Waals surface area contributed by atoms with Gasteiger partial charge in [-0.3, -0.25) is 0 Å². The summed E-state index contributed by atoms with van der Waals surface area (Å²) >= 11 is 0. The molecular formula is C18H31N3O2. The van der Waals surface area contributed by atoms with Crippen molar-refractivity contribution in [1.29, 1.82) is 0 Å². The van der Waals surface area contributed by atoms with Crippen LogP contribution in [0.3, 0.4) is 0 Å². The Bertz CT molecular complexity index is 497. The minimum atomic E-state index is -0.455. The number of carbonyl (C=O) groups excluding carboxylic acids is 1. The molecule has 0 spiro atoms. The molecule has 23 heavy (non-hydrogen) atoms. The number of aromatic nitrogens is 2. The van der Waals surface area contributed by atoms with Crippen molar-refractivity contribution in [1.82, 2.24) is 14.9 Å². The van der Waals surface area contributed by atoms with E-state index in [4.69, 9.17) is 4.74 Å². The Morgan fingerprint density at radius 1 is 1.35 bits per heavy atom. The summed E-state index contributed by atoms with van der Waals surface area (Å²) in [5.74, 6) is 0.895. The zero-order valence-electron chi connectivity index (χ0n) is 15.0. The van der Waals surface area contributed by atoms with E-state index in [2.05, 4.69) is 21.8 Å². The minimum Gasteiger partial charge on any atom is -0.444 e. The van der Waals surface area contributed by atoms with Crippen molar-refractivity contribution >= 4 is 6.09 Å². The first-order valence-corrected chi connectivity index (χ1v) is 8.86. The summed E-state index contributed by atoms with van der Waals surface area (Å²) in [6.45, 7) is 8.47. The summed E-state index contributed by atoms with van der Waals surface area (Å²) in [7, 11) is 0. The average Bonchev–Trinajstić information content (AvgIpc) is 2.94. The second-order valence-corrected chi connectivity index (χ2v) is 7.55. The molecular weight excluding hydrogens is 290 g/mol. The zero-order chi connectivity index (χ0) is 16.9. The molecule has 1 aromatic heterocycles. The quantitative estimate of drug-likeness (QED) is 0.888. The molecule has 5 heteroatoms. The third-order valence-corrected chi connectivity index (χ3v) is 4.58. The molecule has 1 amide bonds. The summed E-state index contributed by atoms with van der Waals surface area (Å²) in [6, 6.07) is 0.567. The lowest BCUT2D eigenvalue weighted by Gasteiger charge is -2.29. The summed E-state index contributed by atoms with van der Waals surface area (Å²) < 4.78 is 7.56. The van der Waals surface area contributed by atoms with Gasteiger partial charge in [-0.15, -0.1) is 0 Å². The fourth-order valence-corrected chi connectivity index (χ4v) is 3.29.